The Morgan fingerprint density at radius 1 is 0.886 bits per heavy atom. The molecule has 7 nitrogen and oxygen atoms in total. The van der Waals surface area contributed by atoms with Crippen LogP contribution in [0.15, 0.2) is 97.1 Å². The molecule has 174 valence electrons. The van der Waals surface area contributed by atoms with Crippen LogP contribution < -0.4 is 10.1 Å². The molecule has 0 saturated carbocycles. The van der Waals surface area contributed by atoms with Crippen molar-refractivity contribution in [1.82, 2.24) is 25.1 Å². The van der Waals surface area contributed by atoms with E-state index in [9.17, 15) is 9.18 Å². The Bertz CT molecular complexity index is 1400. The van der Waals surface area contributed by atoms with Crippen molar-refractivity contribution in [2.24, 2.45) is 0 Å². The molecule has 0 radical (unpaired) electrons. The predicted octanol–water partition coefficient (Wildman–Crippen LogP) is 4.26. The summed E-state index contributed by atoms with van der Waals surface area (Å²) in [6, 6.07) is 28.8. The second-order valence-electron chi connectivity index (χ2n) is 7.87. The highest BCUT2D eigenvalue weighted by molar-refractivity contribution is 5.87. The van der Waals surface area contributed by atoms with Gasteiger partial charge in [-0.05, 0) is 29.3 Å². The third-order valence-electron chi connectivity index (χ3n) is 5.50. The Morgan fingerprint density at radius 2 is 1.60 bits per heavy atom. The van der Waals surface area contributed by atoms with Gasteiger partial charge in [-0.25, -0.2) is 4.39 Å². The van der Waals surface area contributed by atoms with Crippen LogP contribution in [0, 0.1) is 5.82 Å². The Hall–Kier alpha value is -4.59. The quantitative estimate of drug-likeness (QED) is 0.345. The molecule has 5 rings (SSSR count). The average molecular weight is 468 g/mol. The van der Waals surface area contributed by atoms with Crippen LogP contribution >= 0.6 is 0 Å². The number of ether oxygens (including phenoxy) is 1. The molecule has 8 heteroatoms. The number of nitrogens with one attached hydrogen (secondary N) is 1. The molecule has 2 heterocycles. The van der Waals surface area contributed by atoms with Gasteiger partial charge in [0, 0.05) is 11.6 Å². The van der Waals surface area contributed by atoms with Gasteiger partial charge >= 0.3 is 0 Å². The molecule has 1 N–H and O–H groups in total. The lowest BCUT2D eigenvalue weighted by Gasteiger charge is -2.18. The van der Waals surface area contributed by atoms with Crippen molar-refractivity contribution in [3.05, 3.63) is 114 Å². The third kappa shape index (κ3) is 5.01. The zero-order chi connectivity index (χ0) is 24.0. The molecule has 0 fully saturated rings. The molecule has 35 heavy (non-hydrogen) atoms. The van der Waals surface area contributed by atoms with Gasteiger partial charge in [0.2, 0.25) is 11.8 Å². The maximum atomic E-state index is 13.6. The van der Waals surface area contributed by atoms with Crippen LogP contribution in [0.1, 0.15) is 17.0 Å². The monoisotopic (exact) mass is 467 g/mol. The lowest BCUT2D eigenvalue weighted by atomic mass is 9.90. The van der Waals surface area contributed by atoms with Crippen LogP contribution in [0.5, 0.6) is 5.88 Å². The normalized spacial score (nSPS) is 11.0. The number of hydrogen-bond acceptors (Lipinski definition) is 5. The Balaban J connectivity index is 1.25. The molecule has 0 saturated heterocycles. The van der Waals surface area contributed by atoms with Crippen molar-refractivity contribution in [3.63, 3.8) is 0 Å². The van der Waals surface area contributed by atoms with Crippen LogP contribution in [0.2, 0.25) is 0 Å². The molecule has 0 aliphatic carbocycles. The fourth-order valence-corrected chi connectivity index (χ4v) is 3.87. The van der Waals surface area contributed by atoms with E-state index in [0.717, 1.165) is 11.1 Å². The van der Waals surface area contributed by atoms with Gasteiger partial charge < -0.3 is 10.1 Å². The van der Waals surface area contributed by atoms with E-state index in [4.69, 9.17) is 4.74 Å². The van der Waals surface area contributed by atoms with Crippen molar-refractivity contribution in [2.45, 2.75) is 5.92 Å². The van der Waals surface area contributed by atoms with Crippen LogP contribution in [0.25, 0.3) is 17.0 Å². The summed E-state index contributed by atoms with van der Waals surface area (Å²) in [5, 5.41) is 15.6. The fraction of sp³-hybridized carbons (Fsp3) is 0.111. The van der Waals surface area contributed by atoms with Crippen LogP contribution in [0.3, 0.4) is 0 Å². The van der Waals surface area contributed by atoms with E-state index in [0.29, 0.717) is 29.5 Å². The minimum atomic E-state index is -0.419. The highest BCUT2D eigenvalue weighted by Crippen LogP contribution is 2.24. The molecular formula is C27H22FN5O2. The van der Waals surface area contributed by atoms with Gasteiger partial charge in [0.15, 0.2) is 11.5 Å². The minimum absolute atomic E-state index is 0.110. The summed E-state index contributed by atoms with van der Waals surface area (Å²) in [4.78, 5) is 13.1. The van der Waals surface area contributed by atoms with Gasteiger partial charge in [-0.3, -0.25) is 4.79 Å². The van der Waals surface area contributed by atoms with Gasteiger partial charge in [-0.1, -0.05) is 72.8 Å². The number of nitrogens with zero attached hydrogens (tertiary/aromatic N) is 4. The largest absolute Gasteiger partial charge is 0.475 e. The maximum Gasteiger partial charge on any atom is 0.232 e. The van der Waals surface area contributed by atoms with E-state index < -0.39 is 5.92 Å². The summed E-state index contributed by atoms with van der Waals surface area (Å²) in [5.41, 5.74) is 2.91. The molecule has 3 aromatic carbocycles. The fourth-order valence-electron chi connectivity index (χ4n) is 3.87. The molecular weight excluding hydrogens is 445 g/mol. The lowest BCUT2D eigenvalue weighted by Crippen LogP contribution is -2.33. The first kappa shape index (κ1) is 22.2. The summed E-state index contributed by atoms with van der Waals surface area (Å²) < 4.78 is 20.9. The number of halogens is 1. The molecule has 0 unspecified atom stereocenters. The Kier molecular flexibility index (Phi) is 6.43. The van der Waals surface area contributed by atoms with Crippen molar-refractivity contribution >= 4 is 11.6 Å². The summed E-state index contributed by atoms with van der Waals surface area (Å²) in [6.45, 7) is 0.519. The minimum Gasteiger partial charge on any atom is -0.475 e. The van der Waals surface area contributed by atoms with E-state index in [1.165, 1.54) is 16.6 Å². The summed E-state index contributed by atoms with van der Waals surface area (Å²) >= 11 is 0. The maximum absolute atomic E-state index is 13.6. The van der Waals surface area contributed by atoms with Crippen LogP contribution in [-0.2, 0) is 4.79 Å². The molecule has 5 aromatic rings. The standard InChI is InChI=1S/C27H22FN5O2/c28-22-13-7-12-21(18-22)26-31-30-23-14-15-24(32-33(23)26)35-17-16-29-27(34)25(19-8-3-1-4-9-19)20-10-5-2-6-11-20/h1-15,18,25H,16-17H2,(H,29,34). The van der Waals surface area contributed by atoms with E-state index in [1.54, 1.807) is 24.3 Å². The molecule has 0 atom stereocenters. The average Bonchev–Trinajstić information content (AvgIpc) is 3.31. The van der Waals surface area contributed by atoms with Gasteiger partial charge in [-0.15, -0.1) is 15.3 Å². The molecule has 2 aromatic heterocycles. The number of benzene rings is 3. The predicted molar refractivity (Wildman–Crippen MR) is 129 cm³/mol. The number of aromatic nitrogens is 4. The summed E-state index contributed by atoms with van der Waals surface area (Å²) in [7, 11) is 0. The Labute approximate surface area is 201 Å². The van der Waals surface area contributed by atoms with Crippen molar-refractivity contribution in [3.8, 4) is 17.3 Å². The van der Waals surface area contributed by atoms with Crippen molar-refractivity contribution in [2.75, 3.05) is 13.2 Å². The smallest absolute Gasteiger partial charge is 0.232 e. The third-order valence-corrected chi connectivity index (χ3v) is 5.50. The molecule has 0 aliphatic heterocycles. The second kappa shape index (κ2) is 10.1. The van der Waals surface area contributed by atoms with Crippen LogP contribution in [0.4, 0.5) is 4.39 Å². The van der Waals surface area contributed by atoms with Gasteiger partial charge in [0.05, 0.1) is 12.5 Å². The highest BCUT2D eigenvalue weighted by atomic mass is 19.1. The number of fused-ring (bicyclic) bond motifs is 1. The van der Waals surface area contributed by atoms with E-state index in [2.05, 4.69) is 20.6 Å². The van der Waals surface area contributed by atoms with Gasteiger partial charge in [-0.2, -0.15) is 4.52 Å². The zero-order valence-corrected chi connectivity index (χ0v) is 18.7. The van der Waals surface area contributed by atoms with Crippen molar-refractivity contribution in [1.29, 1.82) is 0 Å². The number of rotatable bonds is 8. The molecule has 0 spiro atoms. The number of amides is 1. The molecule has 0 aliphatic rings. The Morgan fingerprint density at radius 3 is 2.29 bits per heavy atom. The zero-order valence-electron chi connectivity index (χ0n) is 18.7. The first-order valence-electron chi connectivity index (χ1n) is 11.2. The first-order valence-corrected chi connectivity index (χ1v) is 11.2. The lowest BCUT2D eigenvalue weighted by molar-refractivity contribution is -0.121. The van der Waals surface area contributed by atoms with E-state index in [1.807, 2.05) is 60.7 Å². The summed E-state index contributed by atoms with van der Waals surface area (Å²) in [6.07, 6.45) is 0. The van der Waals surface area contributed by atoms with E-state index in [-0.39, 0.29) is 18.3 Å². The second-order valence-corrected chi connectivity index (χ2v) is 7.87. The molecule has 0 bridgehead atoms. The van der Waals surface area contributed by atoms with E-state index >= 15 is 0 Å². The van der Waals surface area contributed by atoms with Crippen molar-refractivity contribution < 1.29 is 13.9 Å². The van der Waals surface area contributed by atoms with Gasteiger partial charge in [0.1, 0.15) is 12.4 Å². The first-order chi connectivity index (χ1) is 17.2. The number of carbonyl (C=O) groups is 1. The molecule has 1 amide bonds. The van der Waals surface area contributed by atoms with Gasteiger partial charge in [0.25, 0.3) is 0 Å². The highest BCUT2D eigenvalue weighted by Gasteiger charge is 2.22. The number of hydrogen-bond donors (Lipinski definition) is 1. The topological polar surface area (TPSA) is 81.4 Å². The SMILES string of the molecule is O=C(NCCOc1ccc2nnc(-c3cccc(F)c3)n2n1)C(c1ccccc1)c1ccccc1. The summed E-state index contributed by atoms with van der Waals surface area (Å²) in [5.74, 6) is -0.148. The number of carbonyl (C=O) groups excluding carboxylic acids is 1. The van der Waals surface area contributed by atoms with Crippen LogP contribution in [-0.4, -0.2) is 38.9 Å².